The Morgan fingerprint density at radius 1 is 1.33 bits per heavy atom. The van der Waals surface area contributed by atoms with Crippen LogP contribution in [0.4, 0.5) is 5.95 Å². The third kappa shape index (κ3) is 4.93. The van der Waals surface area contributed by atoms with Crippen molar-refractivity contribution in [2.45, 2.75) is 59.2 Å². The van der Waals surface area contributed by atoms with Crippen molar-refractivity contribution in [3.63, 3.8) is 0 Å². The highest BCUT2D eigenvalue weighted by Gasteiger charge is 2.31. The Labute approximate surface area is 159 Å². The van der Waals surface area contributed by atoms with E-state index >= 15 is 0 Å². The molecule has 144 valence electrons. The van der Waals surface area contributed by atoms with Gasteiger partial charge in [0.25, 0.3) is 0 Å². The van der Waals surface area contributed by atoms with E-state index in [1.54, 1.807) is 19.3 Å². The van der Waals surface area contributed by atoms with Crippen LogP contribution in [0, 0.1) is 6.92 Å². The molecular weight excluding hydrogens is 344 g/mol. The molecule has 7 heteroatoms. The Hall–Kier alpha value is -2.70. The molecule has 0 radical (unpaired) electrons. The van der Waals surface area contributed by atoms with Crippen LogP contribution < -0.4 is 9.64 Å². The van der Waals surface area contributed by atoms with E-state index in [9.17, 15) is 4.79 Å². The molecule has 0 bridgehead atoms. The Bertz CT molecular complexity index is 806. The topological polar surface area (TPSA) is 77.4 Å². The van der Waals surface area contributed by atoms with E-state index in [1.165, 1.54) is 0 Å². The van der Waals surface area contributed by atoms with Gasteiger partial charge in [-0.15, -0.1) is 0 Å². The van der Waals surface area contributed by atoms with E-state index in [2.05, 4.69) is 19.9 Å². The van der Waals surface area contributed by atoms with Gasteiger partial charge in [-0.2, -0.15) is 0 Å². The van der Waals surface area contributed by atoms with E-state index in [1.807, 2.05) is 32.9 Å². The maximum absolute atomic E-state index is 12.0. The van der Waals surface area contributed by atoms with Gasteiger partial charge in [0.05, 0.1) is 24.0 Å². The molecule has 0 amide bonds. The van der Waals surface area contributed by atoms with E-state index in [-0.39, 0.29) is 12.1 Å². The molecule has 0 unspecified atom stereocenters. The van der Waals surface area contributed by atoms with Gasteiger partial charge in [-0.3, -0.25) is 0 Å². The summed E-state index contributed by atoms with van der Waals surface area (Å²) in [5.74, 6) is 0.864. The lowest BCUT2D eigenvalue weighted by molar-refractivity contribution is 0.0524. The second kappa shape index (κ2) is 8.33. The summed E-state index contributed by atoms with van der Waals surface area (Å²) in [7, 11) is 0. The minimum atomic E-state index is -0.385. The van der Waals surface area contributed by atoms with Crippen molar-refractivity contribution in [2.75, 3.05) is 11.5 Å². The minimum absolute atomic E-state index is 0.0775. The first-order valence-corrected chi connectivity index (χ1v) is 9.37. The van der Waals surface area contributed by atoms with Crippen molar-refractivity contribution in [1.82, 2.24) is 15.0 Å². The van der Waals surface area contributed by atoms with E-state index in [4.69, 9.17) is 9.47 Å². The summed E-state index contributed by atoms with van der Waals surface area (Å²) in [6.45, 7) is 8.54. The van der Waals surface area contributed by atoms with Gasteiger partial charge in [-0.05, 0) is 52.2 Å². The van der Waals surface area contributed by atoms with Crippen LogP contribution in [0.5, 0.6) is 5.88 Å². The van der Waals surface area contributed by atoms with Gasteiger partial charge in [0, 0.05) is 31.0 Å². The van der Waals surface area contributed by atoms with Gasteiger partial charge in [0.1, 0.15) is 0 Å². The fraction of sp³-hybridized carbons (Fsp3) is 0.500. The highest BCUT2D eigenvalue weighted by atomic mass is 16.5. The molecule has 1 fully saturated rings. The number of hydrogen-bond acceptors (Lipinski definition) is 7. The van der Waals surface area contributed by atoms with Crippen LogP contribution in [0.15, 0.2) is 24.5 Å². The lowest BCUT2D eigenvalue weighted by Gasteiger charge is -2.23. The highest BCUT2D eigenvalue weighted by Crippen LogP contribution is 2.31. The highest BCUT2D eigenvalue weighted by molar-refractivity contribution is 5.90. The molecule has 2 heterocycles. The summed E-state index contributed by atoms with van der Waals surface area (Å²) in [5, 5.41) is 0. The van der Waals surface area contributed by atoms with Crippen LogP contribution in [0.25, 0.3) is 0 Å². The number of rotatable bonds is 8. The number of carbonyl (C=O) groups is 1. The quantitative estimate of drug-likeness (QED) is 0.660. The summed E-state index contributed by atoms with van der Waals surface area (Å²) >= 11 is 0. The number of carbonyl (C=O) groups excluding carboxylic acids is 1. The predicted molar refractivity (Wildman–Crippen MR) is 102 cm³/mol. The number of ether oxygens (including phenoxy) is 2. The number of pyridine rings is 1. The summed E-state index contributed by atoms with van der Waals surface area (Å²) in [4.78, 5) is 27.4. The second-order valence-corrected chi connectivity index (χ2v) is 6.92. The average Bonchev–Trinajstić information content (AvgIpc) is 3.44. The second-order valence-electron chi connectivity index (χ2n) is 6.92. The van der Waals surface area contributed by atoms with Crippen molar-refractivity contribution < 1.29 is 14.3 Å². The molecule has 2 aromatic rings. The third-order valence-electron chi connectivity index (χ3n) is 4.22. The number of aromatic nitrogens is 3. The monoisotopic (exact) mass is 370 g/mol. The Morgan fingerprint density at radius 2 is 2.11 bits per heavy atom. The van der Waals surface area contributed by atoms with Crippen molar-refractivity contribution >= 4 is 11.9 Å². The zero-order valence-electron chi connectivity index (χ0n) is 16.3. The molecule has 7 nitrogen and oxygen atoms in total. The first-order valence-electron chi connectivity index (χ1n) is 9.37. The lowest BCUT2D eigenvalue weighted by Crippen LogP contribution is -2.27. The number of nitrogens with zero attached hydrogens (tertiary/aromatic N) is 4. The number of anilines is 1. The number of esters is 1. The molecule has 3 rings (SSSR count). The molecule has 0 aliphatic heterocycles. The molecule has 0 aromatic carbocycles. The van der Waals surface area contributed by atoms with Gasteiger partial charge in [-0.25, -0.2) is 19.7 Å². The van der Waals surface area contributed by atoms with Crippen LogP contribution in [-0.4, -0.2) is 39.7 Å². The minimum Gasteiger partial charge on any atom is -0.475 e. The Balaban J connectivity index is 1.80. The van der Waals surface area contributed by atoms with Crippen molar-refractivity contribution in [3.8, 4) is 5.88 Å². The molecular formula is C20H26N4O3. The standard InChI is InChI=1S/C20H26N4O3/c1-5-26-19(25)17-11-22-20(23-14(17)4)24(16-6-7-16)12-15-8-9-21-18(10-15)27-13(2)3/h8-11,13,16H,5-7,12H2,1-4H3. The molecule has 0 saturated heterocycles. The first-order chi connectivity index (χ1) is 13.0. The van der Waals surface area contributed by atoms with Gasteiger partial charge in [-0.1, -0.05) is 0 Å². The molecule has 2 aromatic heterocycles. The Morgan fingerprint density at radius 3 is 2.74 bits per heavy atom. The van der Waals surface area contributed by atoms with E-state index in [0.717, 1.165) is 18.4 Å². The predicted octanol–water partition coefficient (Wildman–Crippen LogP) is 3.31. The fourth-order valence-electron chi connectivity index (χ4n) is 2.80. The average molecular weight is 370 g/mol. The zero-order valence-corrected chi connectivity index (χ0v) is 16.3. The van der Waals surface area contributed by atoms with Crippen LogP contribution in [0.3, 0.4) is 0 Å². The summed E-state index contributed by atoms with van der Waals surface area (Å²) < 4.78 is 10.7. The third-order valence-corrected chi connectivity index (χ3v) is 4.22. The van der Waals surface area contributed by atoms with Crippen LogP contribution >= 0.6 is 0 Å². The van der Waals surface area contributed by atoms with Crippen molar-refractivity contribution in [3.05, 3.63) is 41.3 Å². The first kappa shape index (κ1) is 19.1. The lowest BCUT2D eigenvalue weighted by atomic mass is 10.2. The maximum atomic E-state index is 12.0. The van der Waals surface area contributed by atoms with Crippen LogP contribution in [0.2, 0.25) is 0 Å². The van der Waals surface area contributed by atoms with Gasteiger partial charge < -0.3 is 14.4 Å². The van der Waals surface area contributed by atoms with Gasteiger partial charge in [0.2, 0.25) is 11.8 Å². The van der Waals surface area contributed by atoms with Crippen molar-refractivity contribution in [2.24, 2.45) is 0 Å². The van der Waals surface area contributed by atoms with Crippen LogP contribution in [-0.2, 0) is 11.3 Å². The molecule has 1 aliphatic carbocycles. The fourth-order valence-corrected chi connectivity index (χ4v) is 2.80. The summed E-state index contributed by atoms with van der Waals surface area (Å²) in [5.41, 5.74) is 2.12. The molecule has 1 aliphatic rings. The normalized spacial score (nSPS) is 13.5. The summed E-state index contributed by atoms with van der Waals surface area (Å²) in [6.07, 6.45) is 5.62. The summed E-state index contributed by atoms with van der Waals surface area (Å²) in [6, 6.07) is 4.35. The largest absolute Gasteiger partial charge is 0.475 e. The number of aryl methyl sites for hydroxylation is 1. The van der Waals surface area contributed by atoms with Crippen LogP contribution in [0.1, 0.15) is 55.2 Å². The maximum Gasteiger partial charge on any atom is 0.341 e. The number of hydrogen-bond donors (Lipinski definition) is 0. The van der Waals surface area contributed by atoms with Crippen molar-refractivity contribution in [1.29, 1.82) is 0 Å². The smallest absolute Gasteiger partial charge is 0.341 e. The Kier molecular flexibility index (Phi) is 5.88. The van der Waals surface area contributed by atoms with E-state index in [0.29, 0.717) is 42.3 Å². The SMILES string of the molecule is CCOC(=O)c1cnc(N(Cc2ccnc(OC(C)C)c2)C2CC2)nc1C. The van der Waals surface area contributed by atoms with E-state index < -0.39 is 0 Å². The molecule has 1 saturated carbocycles. The molecule has 27 heavy (non-hydrogen) atoms. The molecule has 0 spiro atoms. The van der Waals surface area contributed by atoms with Gasteiger partial charge in [0.15, 0.2) is 0 Å². The van der Waals surface area contributed by atoms with Gasteiger partial charge >= 0.3 is 5.97 Å². The molecule has 0 atom stereocenters. The zero-order chi connectivity index (χ0) is 19.4. The molecule has 0 N–H and O–H groups in total.